The van der Waals surface area contributed by atoms with Gasteiger partial charge in [-0.1, -0.05) is 25.0 Å². The van der Waals surface area contributed by atoms with E-state index in [1.807, 2.05) is 6.92 Å². The molecule has 0 aliphatic heterocycles. The normalized spacial score (nSPS) is 16.5. The van der Waals surface area contributed by atoms with Crippen LogP contribution in [-0.4, -0.2) is 23.1 Å². The molecular formula is C16H22N2O3. The number of hydrogen-bond acceptors (Lipinski definition) is 2. The molecule has 0 spiro atoms. The molecule has 1 aliphatic carbocycles. The lowest BCUT2D eigenvalue weighted by atomic mass is 10.00. The molecule has 1 aromatic carbocycles. The fourth-order valence-electron chi connectivity index (χ4n) is 2.94. The van der Waals surface area contributed by atoms with Crippen molar-refractivity contribution in [2.24, 2.45) is 5.92 Å². The molecule has 2 amide bonds. The predicted molar refractivity (Wildman–Crippen MR) is 81.7 cm³/mol. The van der Waals surface area contributed by atoms with E-state index in [1.165, 1.54) is 18.9 Å². The summed E-state index contributed by atoms with van der Waals surface area (Å²) in [4.78, 5) is 23.3. The summed E-state index contributed by atoms with van der Waals surface area (Å²) in [6.07, 6.45) is 4.73. The van der Waals surface area contributed by atoms with Crippen molar-refractivity contribution >= 4 is 17.7 Å². The van der Waals surface area contributed by atoms with Gasteiger partial charge < -0.3 is 15.7 Å². The molecule has 21 heavy (non-hydrogen) atoms. The molecule has 0 radical (unpaired) electrons. The van der Waals surface area contributed by atoms with Crippen molar-refractivity contribution in [1.29, 1.82) is 0 Å². The van der Waals surface area contributed by atoms with Gasteiger partial charge in [0, 0.05) is 6.04 Å². The maximum absolute atomic E-state index is 12.1. The first kappa shape index (κ1) is 15.4. The van der Waals surface area contributed by atoms with Gasteiger partial charge in [-0.2, -0.15) is 0 Å². The molecule has 5 heteroatoms. The number of hydrogen-bond donors (Lipinski definition) is 3. The number of nitrogens with one attached hydrogen (secondary N) is 2. The Morgan fingerprint density at radius 1 is 1.29 bits per heavy atom. The van der Waals surface area contributed by atoms with Crippen molar-refractivity contribution in [3.05, 3.63) is 29.3 Å². The minimum atomic E-state index is -1.04. The molecule has 0 aromatic heterocycles. The van der Waals surface area contributed by atoms with Crippen molar-refractivity contribution in [1.82, 2.24) is 5.32 Å². The van der Waals surface area contributed by atoms with Crippen LogP contribution in [0.2, 0.25) is 0 Å². The number of aryl methyl sites for hydroxylation is 1. The van der Waals surface area contributed by atoms with Crippen LogP contribution in [0.3, 0.4) is 0 Å². The molecule has 3 N–H and O–H groups in total. The molecule has 0 saturated heterocycles. The summed E-state index contributed by atoms with van der Waals surface area (Å²) in [5.41, 5.74) is 1.21. The zero-order chi connectivity index (χ0) is 15.4. The van der Waals surface area contributed by atoms with Crippen LogP contribution in [0.5, 0.6) is 0 Å². The number of para-hydroxylation sites is 1. The van der Waals surface area contributed by atoms with Gasteiger partial charge in [0.2, 0.25) is 0 Å². The number of carboxylic acid groups (broad SMARTS) is 1. The second kappa shape index (κ2) is 6.61. The van der Waals surface area contributed by atoms with Gasteiger partial charge >= 0.3 is 12.0 Å². The highest BCUT2D eigenvalue weighted by molar-refractivity contribution is 6.01. The Morgan fingerprint density at radius 2 is 1.95 bits per heavy atom. The molecule has 1 atom stereocenters. The van der Waals surface area contributed by atoms with E-state index in [1.54, 1.807) is 19.1 Å². The van der Waals surface area contributed by atoms with E-state index in [-0.39, 0.29) is 17.6 Å². The summed E-state index contributed by atoms with van der Waals surface area (Å²) >= 11 is 0. The fourth-order valence-corrected chi connectivity index (χ4v) is 2.94. The van der Waals surface area contributed by atoms with E-state index in [4.69, 9.17) is 0 Å². The standard InChI is InChI=1S/C16H22N2O3/c1-10-6-5-9-13(15(19)20)14(10)18-16(21)17-11(2)12-7-3-4-8-12/h5-6,9,11-12H,3-4,7-8H2,1-2H3,(H,19,20)(H2,17,18,21). The van der Waals surface area contributed by atoms with Gasteiger partial charge in [0.15, 0.2) is 0 Å². The second-order valence-corrected chi connectivity index (χ2v) is 5.73. The highest BCUT2D eigenvalue weighted by Crippen LogP contribution is 2.27. The Balaban J connectivity index is 2.04. The SMILES string of the molecule is Cc1cccc(C(=O)O)c1NC(=O)NC(C)C1CCCC1. The minimum absolute atomic E-state index is 0.102. The second-order valence-electron chi connectivity index (χ2n) is 5.73. The smallest absolute Gasteiger partial charge is 0.337 e. The van der Waals surface area contributed by atoms with E-state index in [9.17, 15) is 14.7 Å². The third-order valence-electron chi connectivity index (χ3n) is 4.21. The minimum Gasteiger partial charge on any atom is -0.478 e. The number of carbonyl (C=O) groups excluding carboxylic acids is 1. The van der Waals surface area contributed by atoms with Crippen LogP contribution in [0, 0.1) is 12.8 Å². The molecule has 1 aliphatic rings. The molecule has 1 aromatic rings. The highest BCUT2D eigenvalue weighted by Gasteiger charge is 2.23. The average Bonchev–Trinajstić information content (AvgIpc) is 2.94. The third-order valence-corrected chi connectivity index (χ3v) is 4.21. The average molecular weight is 290 g/mol. The molecule has 1 unspecified atom stereocenters. The molecule has 5 nitrogen and oxygen atoms in total. The van der Waals surface area contributed by atoms with Crippen molar-refractivity contribution in [3.63, 3.8) is 0 Å². The van der Waals surface area contributed by atoms with E-state index in [2.05, 4.69) is 10.6 Å². The lowest BCUT2D eigenvalue weighted by Gasteiger charge is -2.21. The number of carboxylic acids is 1. The zero-order valence-electron chi connectivity index (χ0n) is 12.5. The van der Waals surface area contributed by atoms with Crippen LogP contribution in [0.15, 0.2) is 18.2 Å². The van der Waals surface area contributed by atoms with Gasteiger partial charge in [-0.15, -0.1) is 0 Å². The van der Waals surface area contributed by atoms with Gasteiger partial charge in [0.25, 0.3) is 0 Å². The van der Waals surface area contributed by atoms with Crippen molar-refractivity contribution in [3.8, 4) is 0 Å². The molecule has 1 fully saturated rings. The van der Waals surface area contributed by atoms with Crippen molar-refractivity contribution < 1.29 is 14.7 Å². The third kappa shape index (κ3) is 3.74. The summed E-state index contributed by atoms with van der Waals surface area (Å²) in [6.45, 7) is 3.79. The van der Waals surface area contributed by atoms with Crippen LogP contribution in [0.25, 0.3) is 0 Å². The largest absolute Gasteiger partial charge is 0.478 e. The van der Waals surface area contributed by atoms with Crippen LogP contribution in [0.1, 0.15) is 48.5 Å². The van der Waals surface area contributed by atoms with Crippen LogP contribution in [0.4, 0.5) is 10.5 Å². The summed E-state index contributed by atoms with van der Waals surface area (Å²) in [5.74, 6) is -0.524. The Hall–Kier alpha value is -2.04. The van der Waals surface area contributed by atoms with E-state index < -0.39 is 5.97 Å². The molecular weight excluding hydrogens is 268 g/mol. The summed E-state index contributed by atoms with van der Waals surface area (Å²) in [7, 11) is 0. The van der Waals surface area contributed by atoms with Crippen LogP contribution >= 0.6 is 0 Å². The Labute approximate surface area is 124 Å². The first-order valence-corrected chi connectivity index (χ1v) is 7.39. The predicted octanol–water partition coefficient (Wildman–Crippen LogP) is 3.39. The van der Waals surface area contributed by atoms with Gasteiger partial charge in [-0.25, -0.2) is 9.59 Å². The molecule has 1 saturated carbocycles. The number of benzene rings is 1. The Bertz CT molecular complexity index is 536. The summed E-state index contributed by atoms with van der Waals surface area (Å²) in [5, 5.41) is 14.8. The lowest BCUT2D eigenvalue weighted by molar-refractivity contribution is 0.0698. The first-order chi connectivity index (χ1) is 9.99. The maximum Gasteiger partial charge on any atom is 0.337 e. The number of amides is 2. The molecule has 114 valence electrons. The lowest BCUT2D eigenvalue weighted by Crippen LogP contribution is -2.40. The maximum atomic E-state index is 12.1. The van der Waals surface area contributed by atoms with Gasteiger partial charge in [0.05, 0.1) is 11.3 Å². The van der Waals surface area contributed by atoms with Crippen LogP contribution in [-0.2, 0) is 0 Å². The number of aromatic carboxylic acids is 1. The number of rotatable bonds is 4. The zero-order valence-corrected chi connectivity index (χ0v) is 12.5. The van der Waals surface area contributed by atoms with E-state index in [0.29, 0.717) is 11.6 Å². The topological polar surface area (TPSA) is 78.4 Å². The Kier molecular flexibility index (Phi) is 4.83. The molecule has 0 heterocycles. The highest BCUT2D eigenvalue weighted by atomic mass is 16.4. The first-order valence-electron chi connectivity index (χ1n) is 7.39. The van der Waals surface area contributed by atoms with Gasteiger partial charge in [-0.05, 0) is 44.2 Å². The Morgan fingerprint density at radius 3 is 2.57 bits per heavy atom. The summed E-state index contributed by atoms with van der Waals surface area (Å²) < 4.78 is 0. The number of urea groups is 1. The molecule has 0 bridgehead atoms. The molecule has 2 rings (SSSR count). The number of carbonyl (C=O) groups is 2. The van der Waals surface area contributed by atoms with E-state index >= 15 is 0 Å². The van der Waals surface area contributed by atoms with Crippen molar-refractivity contribution in [2.75, 3.05) is 5.32 Å². The van der Waals surface area contributed by atoms with Crippen molar-refractivity contribution in [2.45, 2.75) is 45.6 Å². The summed E-state index contributed by atoms with van der Waals surface area (Å²) in [6, 6.07) is 4.70. The fraction of sp³-hybridized carbons (Fsp3) is 0.500. The monoisotopic (exact) mass is 290 g/mol. The van der Waals surface area contributed by atoms with E-state index in [0.717, 1.165) is 18.4 Å². The van der Waals surface area contributed by atoms with Gasteiger partial charge in [-0.3, -0.25) is 0 Å². The number of anilines is 1. The van der Waals surface area contributed by atoms with Crippen LogP contribution < -0.4 is 10.6 Å². The quantitative estimate of drug-likeness (QED) is 0.795. The van der Waals surface area contributed by atoms with Gasteiger partial charge in [0.1, 0.15) is 0 Å².